The van der Waals surface area contributed by atoms with Crippen LogP contribution < -0.4 is 16.9 Å². The monoisotopic (exact) mass is 224 g/mol. The van der Waals surface area contributed by atoms with Crippen molar-refractivity contribution in [3.8, 4) is 0 Å². The molecule has 0 aliphatic heterocycles. The lowest BCUT2D eigenvalue weighted by Crippen LogP contribution is -2.18. The maximum atomic E-state index is 10.4. The van der Waals surface area contributed by atoms with Crippen LogP contribution in [-0.2, 0) is 0 Å². The lowest BCUT2D eigenvalue weighted by Gasteiger charge is -2.03. The molecule has 0 unspecified atom stereocenters. The van der Waals surface area contributed by atoms with Crippen molar-refractivity contribution in [1.29, 1.82) is 0 Å². The van der Waals surface area contributed by atoms with E-state index in [-0.39, 0.29) is 5.69 Å². The first-order chi connectivity index (χ1) is 7.63. The van der Waals surface area contributed by atoms with E-state index in [0.717, 1.165) is 0 Å². The van der Waals surface area contributed by atoms with Crippen molar-refractivity contribution in [3.63, 3.8) is 0 Å². The van der Waals surface area contributed by atoms with Gasteiger partial charge in [0.1, 0.15) is 17.9 Å². The smallest absolute Gasteiger partial charge is 0.287 e. The molecule has 0 aromatic carbocycles. The van der Waals surface area contributed by atoms with E-state index >= 15 is 0 Å². The van der Waals surface area contributed by atoms with Crippen LogP contribution in [0.4, 0.5) is 11.5 Å². The van der Waals surface area contributed by atoms with Gasteiger partial charge < -0.3 is 16.9 Å². The summed E-state index contributed by atoms with van der Waals surface area (Å²) >= 11 is 0. The third-order valence-electron chi connectivity index (χ3n) is 1.81. The molecular weight excluding hydrogens is 212 g/mol. The first kappa shape index (κ1) is 11.7. The molecule has 0 bridgehead atoms. The third kappa shape index (κ3) is 3.40. The van der Waals surface area contributed by atoms with Crippen LogP contribution in [0.15, 0.2) is 23.4 Å². The molecule has 0 saturated heterocycles. The van der Waals surface area contributed by atoms with E-state index in [4.69, 9.17) is 11.6 Å². The number of amidine groups is 1. The van der Waals surface area contributed by atoms with Crippen molar-refractivity contribution in [1.82, 2.24) is 4.98 Å². The van der Waals surface area contributed by atoms with Gasteiger partial charge in [-0.05, 0) is 6.07 Å². The van der Waals surface area contributed by atoms with Gasteiger partial charge in [0, 0.05) is 19.0 Å². The maximum Gasteiger partial charge on any atom is 0.287 e. The van der Waals surface area contributed by atoms with Crippen LogP contribution in [0.3, 0.4) is 0 Å². The van der Waals surface area contributed by atoms with Crippen LogP contribution in [0.2, 0.25) is 0 Å². The number of pyridine rings is 1. The standard InChI is InChI=1S/C8H12N6O2/c9-7(13-10)3-4-11-8-2-1-6(5-12-8)14(15)16/h1-2,5H,3-4,10H2,(H2,9,13)(H,11,12). The second kappa shape index (κ2) is 5.49. The number of aromatic nitrogens is 1. The number of nitrogens with zero attached hydrogens (tertiary/aromatic N) is 3. The summed E-state index contributed by atoms with van der Waals surface area (Å²) in [6.45, 7) is 0.511. The molecular formula is C8H12N6O2. The van der Waals surface area contributed by atoms with Crippen molar-refractivity contribution in [2.75, 3.05) is 11.9 Å². The topological polar surface area (TPSA) is 132 Å². The van der Waals surface area contributed by atoms with Gasteiger partial charge in [-0.15, -0.1) is 0 Å². The summed E-state index contributed by atoms with van der Waals surface area (Å²) in [6.07, 6.45) is 1.66. The van der Waals surface area contributed by atoms with Crippen molar-refractivity contribution in [2.24, 2.45) is 16.7 Å². The van der Waals surface area contributed by atoms with Gasteiger partial charge in [-0.2, -0.15) is 5.10 Å². The molecule has 8 heteroatoms. The van der Waals surface area contributed by atoms with Crippen LogP contribution in [0.25, 0.3) is 0 Å². The minimum atomic E-state index is -0.504. The molecule has 0 radical (unpaired) electrons. The number of anilines is 1. The number of hydrogen-bond donors (Lipinski definition) is 3. The largest absolute Gasteiger partial charge is 0.386 e. The van der Waals surface area contributed by atoms with Gasteiger partial charge in [0.25, 0.3) is 5.69 Å². The van der Waals surface area contributed by atoms with Crippen LogP contribution in [-0.4, -0.2) is 22.3 Å². The third-order valence-corrected chi connectivity index (χ3v) is 1.81. The van der Waals surface area contributed by atoms with Crippen LogP contribution in [0.1, 0.15) is 6.42 Å². The van der Waals surface area contributed by atoms with Crippen LogP contribution in [0.5, 0.6) is 0 Å². The average molecular weight is 224 g/mol. The van der Waals surface area contributed by atoms with E-state index < -0.39 is 4.92 Å². The van der Waals surface area contributed by atoms with Gasteiger partial charge in [-0.25, -0.2) is 4.98 Å². The summed E-state index contributed by atoms with van der Waals surface area (Å²) in [5, 5.41) is 16.6. The Labute approximate surface area is 91.5 Å². The van der Waals surface area contributed by atoms with E-state index in [2.05, 4.69) is 15.4 Å². The molecule has 0 atom stereocenters. The molecule has 0 aliphatic carbocycles. The summed E-state index contributed by atoms with van der Waals surface area (Å²) in [5.74, 6) is 5.81. The molecule has 1 aromatic rings. The fourth-order valence-corrected chi connectivity index (χ4v) is 0.982. The molecule has 1 aromatic heterocycles. The summed E-state index contributed by atoms with van der Waals surface area (Å²) in [4.78, 5) is 13.7. The maximum absolute atomic E-state index is 10.4. The zero-order valence-corrected chi connectivity index (χ0v) is 8.46. The molecule has 0 fully saturated rings. The highest BCUT2D eigenvalue weighted by molar-refractivity contribution is 5.80. The second-order valence-electron chi connectivity index (χ2n) is 2.96. The minimum absolute atomic E-state index is 0.0476. The quantitative estimate of drug-likeness (QED) is 0.212. The molecule has 0 spiro atoms. The zero-order valence-electron chi connectivity index (χ0n) is 8.46. The fourth-order valence-electron chi connectivity index (χ4n) is 0.982. The van der Waals surface area contributed by atoms with Gasteiger partial charge in [0.2, 0.25) is 0 Å². The number of hydrazone groups is 1. The Bertz CT molecular complexity index is 388. The van der Waals surface area contributed by atoms with Crippen molar-refractivity contribution in [3.05, 3.63) is 28.4 Å². The number of nitrogens with two attached hydrogens (primary N) is 2. The van der Waals surface area contributed by atoms with E-state index in [9.17, 15) is 10.1 Å². The molecule has 1 rings (SSSR count). The molecule has 16 heavy (non-hydrogen) atoms. The van der Waals surface area contributed by atoms with Crippen molar-refractivity contribution in [2.45, 2.75) is 6.42 Å². The SMILES string of the molecule is N/N=C(\N)CCNc1ccc([N+](=O)[O-])cn1. The second-order valence-corrected chi connectivity index (χ2v) is 2.96. The zero-order chi connectivity index (χ0) is 12.0. The van der Waals surface area contributed by atoms with E-state index in [0.29, 0.717) is 24.6 Å². The molecule has 8 nitrogen and oxygen atoms in total. The average Bonchev–Trinajstić information content (AvgIpc) is 2.29. The van der Waals surface area contributed by atoms with Gasteiger partial charge in [0.05, 0.1) is 4.92 Å². The highest BCUT2D eigenvalue weighted by Crippen LogP contribution is 2.11. The Morgan fingerprint density at radius 2 is 2.38 bits per heavy atom. The first-order valence-electron chi connectivity index (χ1n) is 4.50. The van der Waals surface area contributed by atoms with Gasteiger partial charge in [-0.1, -0.05) is 0 Å². The van der Waals surface area contributed by atoms with Crippen molar-refractivity contribution < 1.29 is 4.92 Å². The Kier molecular flexibility index (Phi) is 4.01. The number of rotatable bonds is 5. The summed E-state index contributed by atoms with van der Waals surface area (Å²) in [5.41, 5.74) is 5.33. The molecule has 5 N–H and O–H groups in total. The Hall–Kier alpha value is -2.38. The summed E-state index contributed by atoms with van der Waals surface area (Å²) in [6, 6.07) is 2.89. The van der Waals surface area contributed by atoms with Crippen LogP contribution >= 0.6 is 0 Å². The van der Waals surface area contributed by atoms with E-state index in [1.807, 2.05) is 0 Å². The van der Waals surface area contributed by atoms with Gasteiger partial charge in [0.15, 0.2) is 0 Å². The summed E-state index contributed by atoms with van der Waals surface area (Å²) < 4.78 is 0. The van der Waals surface area contributed by atoms with Gasteiger partial charge >= 0.3 is 0 Å². The van der Waals surface area contributed by atoms with Crippen molar-refractivity contribution >= 4 is 17.3 Å². The minimum Gasteiger partial charge on any atom is -0.386 e. The molecule has 0 saturated carbocycles. The number of nitrogens with one attached hydrogen (secondary N) is 1. The number of nitro groups is 1. The molecule has 0 amide bonds. The predicted molar refractivity (Wildman–Crippen MR) is 59.8 cm³/mol. The number of hydrogen-bond acceptors (Lipinski definition) is 6. The Morgan fingerprint density at radius 1 is 1.62 bits per heavy atom. The highest BCUT2D eigenvalue weighted by atomic mass is 16.6. The molecule has 1 heterocycles. The molecule has 86 valence electrons. The Morgan fingerprint density at radius 3 is 2.88 bits per heavy atom. The lowest BCUT2D eigenvalue weighted by atomic mass is 10.3. The lowest BCUT2D eigenvalue weighted by molar-refractivity contribution is -0.385. The Balaban J connectivity index is 2.47. The summed E-state index contributed by atoms with van der Waals surface area (Å²) in [7, 11) is 0. The van der Waals surface area contributed by atoms with Crippen LogP contribution in [0, 0.1) is 10.1 Å². The van der Waals surface area contributed by atoms with E-state index in [1.54, 1.807) is 0 Å². The highest BCUT2D eigenvalue weighted by Gasteiger charge is 2.04. The fraction of sp³-hybridized carbons (Fsp3) is 0.250. The predicted octanol–water partition coefficient (Wildman–Crippen LogP) is 0.0227. The van der Waals surface area contributed by atoms with E-state index in [1.165, 1.54) is 18.3 Å². The first-order valence-corrected chi connectivity index (χ1v) is 4.50. The van der Waals surface area contributed by atoms with Gasteiger partial charge in [-0.3, -0.25) is 10.1 Å². The molecule has 0 aliphatic rings. The normalized spacial score (nSPS) is 11.1.